The standard InChI is InChI=1S/C16H25NO2/c1-3-18-10-11-19-16(12-17-15-8-9-15)14-6-4-13(2)5-7-14/h4-7,15-17H,3,8-12H2,1-2H3. The third-order valence-corrected chi connectivity index (χ3v) is 3.37. The van der Waals surface area contributed by atoms with Crippen LogP contribution in [0.15, 0.2) is 24.3 Å². The molecule has 0 radical (unpaired) electrons. The highest BCUT2D eigenvalue weighted by atomic mass is 16.5. The van der Waals surface area contributed by atoms with Crippen molar-refractivity contribution < 1.29 is 9.47 Å². The number of benzene rings is 1. The van der Waals surface area contributed by atoms with Gasteiger partial charge in [-0.05, 0) is 32.3 Å². The van der Waals surface area contributed by atoms with Crippen molar-refractivity contribution in [3.63, 3.8) is 0 Å². The fourth-order valence-corrected chi connectivity index (χ4v) is 2.01. The second-order valence-corrected chi connectivity index (χ2v) is 5.15. The molecule has 0 aliphatic heterocycles. The molecule has 0 amide bonds. The van der Waals surface area contributed by atoms with Crippen molar-refractivity contribution in [2.75, 3.05) is 26.4 Å². The minimum Gasteiger partial charge on any atom is -0.379 e. The first-order valence-corrected chi connectivity index (χ1v) is 7.29. The van der Waals surface area contributed by atoms with E-state index in [1.807, 2.05) is 6.92 Å². The maximum absolute atomic E-state index is 5.96. The van der Waals surface area contributed by atoms with Gasteiger partial charge in [0.05, 0.1) is 19.3 Å². The molecule has 106 valence electrons. The summed E-state index contributed by atoms with van der Waals surface area (Å²) >= 11 is 0. The number of hydrogen-bond donors (Lipinski definition) is 1. The van der Waals surface area contributed by atoms with Crippen molar-refractivity contribution in [2.24, 2.45) is 0 Å². The van der Waals surface area contributed by atoms with Crippen LogP contribution in [0, 0.1) is 6.92 Å². The number of ether oxygens (including phenoxy) is 2. The van der Waals surface area contributed by atoms with Crippen LogP contribution in [-0.2, 0) is 9.47 Å². The van der Waals surface area contributed by atoms with E-state index in [1.54, 1.807) is 0 Å². The van der Waals surface area contributed by atoms with Crippen molar-refractivity contribution >= 4 is 0 Å². The lowest BCUT2D eigenvalue weighted by molar-refractivity contribution is 0.00672. The number of nitrogens with one attached hydrogen (secondary N) is 1. The van der Waals surface area contributed by atoms with E-state index in [0.29, 0.717) is 19.3 Å². The summed E-state index contributed by atoms with van der Waals surface area (Å²) in [6.45, 7) is 7.07. The minimum atomic E-state index is 0.127. The zero-order chi connectivity index (χ0) is 13.5. The number of aryl methyl sites for hydroxylation is 1. The number of hydrogen-bond acceptors (Lipinski definition) is 3. The predicted octanol–water partition coefficient (Wildman–Crippen LogP) is 2.84. The van der Waals surface area contributed by atoms with Crippen molar-refractivity contribution in [2.45, 2.75) is 38.8 Å². The maximum Gasteiger partial charge on any atom is 0.0950 e. The van der Waals surface area contributed by atoms with Crippen molar-refractivity contribution in [3.8, 4) is 0 Å². The summed E-state index contributed by atoms with van der Waals surface area (Å²) in [5.74, 6) is 0. The normalized spacial score (nSPS) is 16.5. The topological polar surface area (TPSA) is 30.5 Å². The maximum atomic E-state index is 5.96. The van der Waals surface area contributed by atoms with E-state index in [0.717, 1.165) is 13.2 Å². The quantitative estimate of drug-likeness (QED) is 0.695. The molecule has 1 N–H and O–H groups in total. The fourth-order valence-electron chi connectivity index (χ4n) is 2.01. The molecule has 0 spiro atoms. The average molecular weight is 263 g/mol. The Morgan fingerprint density at radius 2 is 1.95 bits per heavy atom. The monoisotopic (exact) mass is 263 g/mol. The van der Waals surface area contributed by atoms with E-state index in [-0.39, 0.29) is 6.10 Å². The van der Waals surface area contributed by atoms with Gasteiger partial charge in [-0.3, -0.25) is 0 Å². The van der Waals surface area contributed by atoms with Gasteiger partial charge in [0.15, 0.2) is 0 Å². The van der Waals surface area contributed by atoms with Gasteiger partial charge in [-0.2, -0.15) is 0 Å². The summed E-state index contributed by atoms with van der Waals surface area (Å²) in [5.41, 5.74) is 2.53. The van der Waals surface area contributed by atoms with E-state index >= 15 is 0 Å². The van der Waals surface area contributed by atoms with Gasteiger partial charge >= 0.3 is 0 Å². The lowest BCUT2D eigenvalue weighted by Crippen LogP contribution is -2.26. The van der Waals surface area contributed by atoms with Gasteiger partial charge in [-0.25, -0.2) is 0 Å². The predicted molar refractivity (Wildman–Crippen MR) is 77.4 cm³/mol. The molecule has 1 fully saturated rings. The third-order valence-electron chi connectivity index (χ3n) is 3.37. The molecule has 0 saturated heterocycles. The highest BCUT2D eigenvalue weighted by Gasteiger charge is 2.22. The van der Waals surface area contributed by atoms with Crippen LogP contribution in [0.5, 0.6) is 0 Å². The molecule has 1 saturated carbocycles. The molecule has 1 unspecified atom stereocenters. The SMILES string of the molecule is CCOCCOC(CNC1CC1)c1ccc(C)cc1. The summed E-state index contributed by atoms with van der Waals surface area (Å²) in [6.07, 6.45) is 2.74. The minimum absolute atomic E-state index is 0.127. The molecule has 3 heteroatoms. The van der Waals surface area contributed by atoms with Crippen molar-refractivity contribution in [1.82, 2.24) is 5.32 Å². The molecule has 0 aromatic heterocycles. The molecule has 1 aliphatic rings. The average Bonchev–Trinajstić information content (AvgIpc) is 3.23. The second kappa shape index (κ2) is 7.63. The lowest BCUT2D eigenvalue weighted by Gasteiger charge is -2.19. The number of rotatable bonds is 9. The molecular formula is C16H25NO2. The molecule has 1 aliphatic carbocycles. The van der Waals surface area contributed by atoms with Crippen LogP contribution in [-0.4, -0.2) is 32.4 Å². The Labute approximate surface area is 116 Å². The Hall–Kier alpha value is -0.900. The molecule has 1 aromatic rings. The van der Waals surface area contributed by atoms with Crippen LogP contribution in [0.2, 0.25) is 0 Å². The summed E-state index contributed by atoms with van der Waals surface area (Å²) in [6, 6.07) is 9.32. The Morgan fingerprint density at radius 3 is 2.58 bits per heavy atom. The highest BCUT2D eigenvalue weighted by Crippen LogP contribution is 2.22. The summed E-state index contributed by atoms with van der Waals surface area (Å²) < 4.78 is 11.3. The van der Waals surface area contributed by atoms with Crippen LogP contribution in [0.25, 0.3) is 0 Å². The van der Waals surface area contributed by atoms with Gasteiger partial charge in [0.25, 0.3) is 0 Å². The molecule has 19 heavy (non-hydrogen) atoms. The molecule has 2 rings (SSSR count). The van der Waals surface area contributed by atoms with E-state index < -0.39 is 0 Å². The van der Waals surface area contributed by atoms with Crippen LogP contribution in [0.3, 0.4) is 0 Å². The smallest absolute Gasteiger partial charge is 0.0950 e. The van der Waals surface area contributed by atoms with E-state index in [9.17, 15) is 0 Å². The first-order chi connectivity index (χ1) is 9.29. The Morgan fingerprint density at radius 1 is 1.21 bits per heavy atom. The summed E-state index contributed by atoms with van der Waals surface area (Å²) in [4.78, 5) is 0. The molecule has 3 nitrogen and oxygen atoms in total. The summed E-state index contributed by atoms with van der Waals surface area (Å²) in [5, 5.41) is 3.54. The van der Waals surface area contributed by atoms with E-state index in [1.165, 1.54) is 24.0 Å². The van der Waals surface area contributed by atoms with Crippen LogP contribution < -0.4 is 5.32 Å². The molecule has 0 heterocycles. The summed E-state index contributed by atoms with van der Waals surface area (Å²) in [7, 11) is 0. The molecule has 1 atom stereocenters. The van der Waals surface area contributed by atoms with Gasteiger partial charge in [0, 0.05) is 19.2 Å². The lowest BCUT2D eigenvalue weighted by atomic mass is 10.1. The Bertz CT molecular complexity index is 360. The third kappa shape index (κ3) is 5.31. The Balaban J connectivity index is 1.85. The molecule has 0 bridgehead atoms. The first kappa shape index (κ1) is 14.5. The van der Waals surface area contributed by atoms with Crippen molar-refractivity contribution in [3.05, 3.63) is 35.4 Å². The first-order valence-electron chi connectivity index (χ1n) is 7.29. The zero-order valence-electron chi connectivity index (χ0n) is 12.0. The largest absolute Gasteiger partial charge is 0.379 e. The van der Waals surface area contributed by atoms with Gasteiger partial charge in [-0.1, -0.05) is 29.8 Å². The second-order valence-electron chi connectivity index (χ2n) is 5.15. The van der Waals surface area contributed by atoms with Crippen LogP contribution >= 0.6 is 0 Å². The fraction of sp³-hybridized carbons (Fsp3) is 0.625. The van der Waals surface area contributed by atoms with Gasteiger partial charge in [0.1, 0.15) is 0 Å². The van der Waals surface area contributed by atoms with E-state index in [2.05, 4.69) is 36.5 Å². The van der Waals surface area contributed by atoms with Gasteiger partial charge in [0.2, 0.25) is 0 Å². The van der Waals surface area contributed by atoms with Gasteiger partial charge < -0.3 is 14.8 Å². The molecule has 1 aromatic carbocycles. The van der Waals surface area contributed by atoms with Crippen LogP contribution in [0.4, 0.5) is 0 Å². The van der Waals surface area contributed by atoms with Gasteiger partial charge in [-0.15, -0.1) is 0 Å². The zero-order valence-corrected chi connectivity index (χ0v) is 12.0. The van der Waals surface area contributed by atoms with Crippen molar-refractivity contribution in [1.29, 1.82) is 0 Å². The highest BCUT2D eigenvalue weighted by molar-refractivity contribution is 5.23. The van der Waals surface area contributed by atoms with Crippen LogP contribution in [0.1, 0.15) is 37.0 Å². The molecular weight excluding hydrogens is 238 g/mol. The van der Waals surface area contributed by atoms with E-state index in [4.69, 9.17) is 9.47 Å². The Kier molecular flexibility index (Phi) is 5.83.